The summed E-state index contributed by atoms with van der Waals surface area (Å²) in [7, 11) is 0. The van der Waals surface area contributed by atoms with E-state index in [2.05, 4.69) is 25.6 Å². The van der Waals surface area contributed by atoms with Gasteiger partial charge in [0.1, 0.15) is 6.29 Å². The molecule has 134 valence electrons. The van der Waals surface area contributed by atoms with Crippen molar-refractivity contribution in [2.24, 2.45) is 0 Å². The standard InChI is InChI=1S/C19H15N5O2S/c25-6-7-27-19-21-18(22-23-19)15-9-14(10-16(11-15)24-26)12-3-4-17-13(8-12)2-1-5-20-17/h1-6,8-11,24,26H,7H2,(H,21,22,23). The summed E-state index contributed by atoms with van der Waals surface area (Å²) in [6, 6.07) is 15.5. The number of anilines is 1. The Hall–Kier alpha value is -3.23. The van der Waals surface area contributed by atoms with Gasteiger partial charge in [0.2, 0.25) is 5.16 Å². The van der Waals surface area contributed by atoms with Crippen LogP contribution in [-0.2, 0) is 4.79 Å². The van der Waals surface area contributed by atoms with E-state index in [-0.39, 0.29) is 0 Å². The van der Waals surface area contributed by atoms with Crippen molar-refractivity contribution in [3.63, 3.8) is 0 Å². The highest BCUT2D eigenvalue weighted by Crippen LogP contribution is 2.31. The number of H-pyrrole nitrogens is 1. The van der Waals surface area contributed by atoms with Crippen molar-refractivity contribution in [1.82, 2.24) is 20.2 Å². The summed E-state index contributed by atoms with van der Waals surface area (Å²) < 4.78 is 0. The van der Waals surface area contributed by atoms with E-state index in [0.717, 1.165) is 33.9 Å². The Morgan fingerprint density at radius 1 is 1.11 bits per heavy atom. The van der Waals surface area contributed by atoms with Crippen LogP contribution in [0.3, 0.4) is 0 Å². The lowest BCUT2D eigenvalue weighted by molar-refractivity contribution is -0.105. The minimum atomic E-state index is 0.298. The second-order valence-corrected chi connectivity index (χ2v) is 6.75. The summed E-state index contributed by atoms with van der Waals surface area (Å²) in [5, 5.41) is 17.9. The zero-order valence-corrected chi connectivity index (χ0v) is 14.9. The van der Waals surface area contributed by atoms with Crippen molar-refractivity contribution in [2.75, 3.05) is 11.2 Å². The molecule has 2 aromatic heterocycles. The minimum Gasteiger partial charge on any atom is -0.302 e. The zero-order chi connectivity index (χ0) is 18.6. The SMILES string of the molecule is O=CCSc1n[nH]c(-c2cc(NO)cc(-c3ccc4ncccc4c3)c2)n1. The number of aromatic amines is 1. The normalized spacial score (nSPS) is 10.9. The smallest absolute Gasteiger partial charge is 0.209 e. The van der Waals surface area contributed by atoms with Crippen LogP contribution < -0.4 is 5.48 Å². The first-order valence-corrected chi connectivity index (χ1v) is 9.15. The number of hydrogen-bond donors (Lipinski definition) is 3. The molecular formula is C19H15N5O2S. The summed E-state index contributed by atoms with van der Waals surface area (Å²) in [5.41, 5.74) is 6.32. The van der Waals surface area contributed by atoms with Crippen molar-refractivity contribution in [2.45, 2.75) is 5.16 Å². The fourth-order valence-electron chi connectivity index (χ4n) is 2.80. The molecule has 4 aromatic rings. The first-order valence-electron chi connectivity index (χ1n) is 8.16. The molecule has 0 saturated heterocycles. The number of fused-ring (bicyclic) bond motifs is 1. The molecule has 4 rings (SSSR count). The van der Waals surface area contributed by atoms with E-state index in [1.807, 2.05) is 42.5 Å². The maximum absolute atomic E-state index is 10.5. The van der Waals surface area contributed by atoms with E-state index >= 15 is 0 Å². The molecule has 27 heavy (non-hydrogen) atoms. The Bertz CT molecular complexity index is 1110. The van der Waals surface area contributed by atoms with Crippen LogP contribution in [0.4, 0.5) is 5.69 Å². The second kappa shape index (κ2) is 7.56. The lowest BCUT2D eigenvalue weighted by Crippen LogP contribution is -1.92. The van der Waals surface area contributed by atoms with Gasteiger partial charge in [-0.25, -0.2) is 4.98 Å². The average Bonchev–Trinajstić information content (AvgIpc) is 3.20. The van der Waals surface area contributed by atoms with Crippen LogP contribution in [-0.4, -0.2) is 37.4 Å². The molecule has 2 heterocycles. The summed E-state index contributed by atoms with van der Waals surface area (Å²) in [4.78, 5) is 19.2. The van der Waals surface area contributed by atoms with E-state index in [1.165, 1.54) is 11.8 Å². The maximum Gasteiger partial charge on any atom is 0.209 e. The van der Waals surface area contributed by atoms with Crippen LogP contribution in [0, 0.1) is 0 Å². The van der Waals surface area contributed by atoms with E-state index < -0.39 is 0 Å². The van der Waals surface area contributed by atoms with Crippen molar-refractivity contribution in [3.8, 4) is 22.5 Å². The van der Waals surface area contributed by atoms with Gasteiger partial charge < -0.3 is 4.79 Å². The largest absolute Gasteiger partial charge is 0.302 e. The van der Waals surface area contributed by atoms with Gasteiger partial charge in [-0.1, -0.05) is 23.9 Å². The number of benzene rings is 2. The number of carbonyl (C=O) groups is 1. The van der Waals surface area contributed by atoms with Gasteiger partial charge in [-0.3, -0.25) is 20.8 Å². The molecule has 0 fully saturated rings. The fraction of sp³-hybridized carbons (Fsp3) is 0.0526. The Balaban J connectivity index is 1.75. The molecule has 2 aromatic carbocycles. The lowest BCUT2D eigenvalue weighted by atomic mass is 10.00. The number of thioether (sulfide) groups is 1. The predicted octanol–water partition coefficient (Wildman–Crippen LogP) is 3.78. The second-order valence-electron chi connectivity index (χ2n) is 5.77. The third-order valence-corrected chi connectivity index (χ3v) is 4.76. The van der Waals surface area contributed by atoms with E-state index in [1.54, 1.807) is 12.3 Å². The molecular weight excluding hydrogens is 362 g/mol. The number of nitrogens with one attached hydrogen (secondary N) is 2. The number of carbonyl (C=O) groups excluding carboxylic acids is 1. The van der Waals surface area contributed by atoms with Gasteiger partial charge in [0, 0.05) is 17.1 Å². The number of nitrogens with zero attached hydrogens (tertiary/aromatic N) is 3. The maximum atomic E-state index is 10.5. The number of aromatic nitrogens is 4. The lowest BCUT2D eigenvalue weighted by Gasteiger charge is -2.09. The molecule has 0 atom stereocenters. The first kappa shape index (κ1) is 17.2. The molecule has 0 spiro atoms. The number of rotatable bonds is 6. The van der Waals surface area contributed by atoms with Crippen LogP contribution in [0.25, 0.3) is 33.4 Å². The predicted molar refractivity (Wildman–Crippen MR) is 105 cm³/mol. The molecule has 7 nitrogen and oxygen atoms in total. The summed E-state index contributed by atoms with van der Waals surface area (Å²) >= 11 is 1.25. The van der Waals surface area contributed by atoms with Crippen molar-refractivity contribution in [3.05, 3.63) is 54.7 Å². The monoisotopic (exact) mass is 377 g/mol. The third-order valence-electron chi connectivity index (χ3n) is 4.02. The highest BCUT2D eigenvalue weighted by Gasteiger charge is 2.10. The van der Waals surface area contributed by atoms with Crippen LogP contribution in [0.15, 0.2) is 59.9 Å². The van der Waals surface area contributed by atoms with E-state index in [9.17, 15) is 10.0 Å². The zero-order valence-electron chi connectivity index (χ0n) is 14.1. The van der Waals surface area contributed by atoms with E-state index in [4.69, 9.17) is 0 Å². The highest BCUT2D eigenvalue weighted by atomic mass is 32.2. The molecule has 0 amide bonds. The third kappa shape index (κ3) is 3.67. The van der Waals surface area contributed by atoms with E-state index in [0.29, 0.717) is 22.4 Å². The molecule has 0 radical (unpaired) electrons. The molecule has 0 bridgehead atoms. The van der Waals surface area contributed by atoms with Gasteiger partial charge in [0.05, 0.1) is 17.0 Å². The fourth-order valence-corrected chi connectivity index (χ4v) is 3.28. The topological polar surface area (TPSA) is 104 Å². The van der Waals surface area contributed by atoms with Gasteiger partial charge in [-0.05, 0) is 47.5 Å². The van der Waals surface area contributed by atoms with Gasteiger partial charge >= 0.3 is 0 Å². The quantitative estimate of drug-likeness (QED) is 0.267. The van der Waals surface area contributed by atoms with Crippen molar-refractivity contribution >= 4 is 34.6 Å². The summed E-state index contributed by atoms with van der Waals surface area (Å²) in [5.74, 6) is 0.857. The van der Waals surface area contributed by atoms with Crippen LogP contribution in [0.2, 0.25) is 0 Å². The Morgan fingerprint density at radius 2 is 2.00 bits per heavy atom. The van der Waals surface area contributed by atoms with Gasteiger partial charge in [0.25, 0.3) is 0 Å². The molecule has 0 aliphatic heterocycles. The van der Waals surface area contributed by atoms with Crippen molar-refractivity contribution in [1.29, 1.82) is 0 Å². The number of aldehydes is 1. The van der Waals surface area contributed by atoms with Crippen molar-refractivity contribution < 1.29 is 10.0 Å². The van der Waals surface area contributed by atoms with Gasteiger partial charge in [-0.15, -0.1) is 5.10 Å². The molecule has 0 aliphatic carbocycles. The Morgan fingerprint density at radius 3 is 2.85 bits per heavy atom. The average molecular weight is 377 g/mol. The number of pyridine rings is 1. The van der Waals surface area contributed by atoms with Crippen LogP contribution >= 0.6 is 11.8 Å². The molecule has 0 unspecified atom stereocenters. The van der Waals surface area contributed by atoms with Gasteiger partial charge in [-0.2, -0.15) is 0 Å². The highest BCUT2D eigenvalue weighted by molar-refractivity contribution is 7.99. The Kier molecular flexibility index (Phi) is 4.82. The van der Waals surface area contributed by atoms with Crippen LogP contribution in [0.1, 0.15) is 0 Å². The molecule has 8 heteroatoms. The molecule has 0 saturated carbocycles. The molecule has 0 aliphatic rings. The Labute approximate surface area is 158 Å². The first-order chi connectivity index (χ1) is 13.3. The van der Waals surface area contributed by atoms with Gasteiger partial charge in [0.15, 0.2) is 5.82 Å². The molecule has 3 N–H and O–H groups in total. The van der Waals surface area contributed by atoms with Crippen LogP contribution in [0.5, 0.6) is 0 Å². The summed E-state index contributed by atoms with van der Waals surface area (Å²) in [6.07, 6.45) is 2.57. The summed E-state index contributed by atoms with van der Waals surface area (Å²) in [6.45, 7) is 0. The number of hydrogen-bond acceptors (Lipinski definition) is 7. The minimum absolute atomic E-state index is 0.298.